The van der Waals surface area contributed by atoms with Crippen molar-refractivity contribution in [2.45, 2.75) is 6.67 Å². The van der Waals surface area contributed by atoms with Gasteiger partial charge in [-0.3, -0.25) is 4.79 Å². The molecule has 0 aliphatic rings. The lowest BCUT2D eigenvalue weighted by Crippen LogP contribution is -2.13. The molecule has 0 aromatic carbocycles. The van der Waals surface area contributed by atoms with Crippen molar-refractivity contribution in [2.24, 2.45) is 0 Å². The van der Waals surface area contributed by atoms with Crippen LogP contribution >= 0.6 is 0 Å². The number of rotatable bonds is 5. The predicted octanol–water partition coefficient (Wildman–Crippen LogP) is -1.70. The summed E-state index contributed by atoms with van der Waals surface area (Å²) in [5.74, 6) is -0.449. The van der Waals surface area contributed by atoms with Crippen LogP contribution in [0.4, 0.5) is 5.82 Å². The minimum absolute atomic E-state index is 0.0597. The zero-order valence-electron chi connectivity index (χ0n) is 7.94. The standard InChI is InChI=1S/C6H7N7O3/c14-1-4(15)5-6(10-16-9-5)7-2-13-3-8-11-12-13/h3,14H,1-2H2,(H,7,10). The number of carbonyl (C=O) groups excluding carboxylic acids is 1. The highest BCUT2D eigenvalue weighted by atomic mass is 16.6. The SMILES string of the molecule is O=C(CO)c1nonc1NCn1cnnn1. The van der Waals surface area contributed by atoms with Crippen molar-refractivity contribution in [2.75, 3.05) is 11.9 Å². The largest absolute Gasteiger partial charge is 0.388 e. The molecule has 84 valence electrons. The van der Waals surface area contributed by atoms with E-state index in [2.05, 4.69) is 35.8 Å². The van der Waals surface area contributed by atoms with Gasteiger partial charge in [-0.15, -0.1) is 5.10 Å². The van der Waals surface area contributed by atoms with Crippen LogP contribution in [0.1, 0.15) is 10.5 Å². The van der Waals surface area contributed by atoms with Gasteiger partial charge >= 0.3 is 0 Å². The number of Topliss-reactive ketones (excluding diaryl/α,β-unsaturated/α-hetero) is 1. The molecule has 16 heavy (non-hydrogen) atoms. The van der Waals surface area contributed by atoms with Gasteiger partial charge in [0.2, 0.25) is 11.6 Å². The van der Waals surface area contributed by atoms with Crippen molar-refractivity contribution >= 4 is 11.6 Å². The van der Waals surface area contributed by atoms with Crippen molar-refractivity contribution in [3.05, 3.63) is 12.0 Å². The summed E-state index contributed by atoms with van der Waals surface area (Å²) in [5, 5.41) is 28.7. The summed E-state index contributed by atoms with van der Waals surface area (Å²) in [5.41, 5.74) is -0.0597. The van der Waals surface area contributed by atoms with E-state index in [0.717, 1.165) is 0 Å². The van der Waals surface area contributed by atoms with Gasteiger partial charge in [-0.25, -0.2) is 9.31 Å². The molecule has 0 aliphatic heterocycles. The first-order chi connectivity index (χ1) is 7.81. The van der Waals surface area contributed by atoms with Gasteiger partial charge in [0.05, 0.1) is 0 Å². The van der Waals surface area contributed by atoms with Crippen LogP contribution in [-0.2, 0) is 6.67 Å². The normalized spacial score (nSPS) is 10.3. The Labute approximate surface area is 88.2 Å². The Morgan fingerprint density at radius 3 is 3.12 bits per heavy atom. The Morgan fingerprint density at radius 2 is 2.44 bits per heavy atom. The van der Waals surface area contributed by atoms with Gasteiger partial charge in [0.1, 0.15) is 19.6 Å². The number of carbonyl (C=O) groups is 1. The predicted molar refractivity (Wildman–Crippen MR) is 47.2 cm³/mol. The molecule has 2 aromatic rings. The Kier molecular flexibility index (Phi) is 2.82. The van der Waals surface area contributed by atoms with E-state index in [0.29, 0.717) is 0 Å². The zero-order chi connectivity index (χ0) is 11.4. The number of anilines is 1. The molecule has 0 bridgehead atoms. The van der Waals surface area contributed by atoms with E-state index >= 15 is 0 Å². The van der Waals surface area contributed by atoms with Gasteiger partial charge < -0.3 is 10.4 Å². The second kappa shape index (κ2) is 4.44. The molecule has 0 spiro atoms. The molecule has 2 rings (SSSR count). The molecule has 0 amide bonds. The van der Waals surface area contributed by atoms with Crippen molar-refractivity contribution in [3.63, 3.8) is 0 Å². The second-order valence-corrected chi connectivity index (χ2v) is 2.73. The molecule has 0 radical (unpaired) electrons. The highest BCUT2D eigenvalue weighted by Crippen LogP contribution is 2.09. The lowest BCUT2D eigenvalue weighted by molar-refractivity contribution is 0.0894. The van der Waals surface area contributed by atoms with Gasteiger partial charge in [-0.2, -0.15) is 0 Å². The molecular weight excluding hydrogens is 218 g/mol. The Balaban J connectivity index is 2.04. The third kappa shape index (κ3) is 2.00. The van der Waals surface area contributed by atoms with Crippen molar-refractivity contribution < 1.29 is 14.5 Å². The quantitative estimate of drug-likeness (QED) is 0.571. The topological polar surface area (TPSA) is 132 Å². The molecule has 0 unspecified atom stereocenters. The molecule has 10 heteroatoms. The fourth-order valence-electron chi connectivity index (χ4n) is 0.971. The van der Waals surface area contributed by atoms with Gasteiger partial charge in [0.15, 0.2) is 5.69 Å². The number of hydrogen-bond acceptors (Lipinski definition) is 9. The Morgan fingerprint density at radius 1 is 1.56 bits per heavy atom. The van der Waals surface area contributed by atoms with Crippen LogP contribution in [0.25, 0.3) is 0 Å². The number of nitrogens with zero attached hydrogens (tertiary/aromatic N) is 6. The minimum atomic E-state index is -0.659. The van der Waals surface area contributed by atoms with Crippen LogP contribution in [0, 0.1) is 0 Å². The number of ketones is 1. The average Bonchev–Trinajstić information content (AvgIpc) is 2.96. The molecule has 0 atom stereocenters. The summed E-state index contributed by atoms with van der Waals surface area (Å²) >= 11 is 0. The fourth-order valence-corrected chi connectivity index (χ4v) is 0.971. The molecule has 2 N–H and O–H groups in total. The zero-order valence-corrected chi connectivity index (χ0v) is 7.94. The van der Waals surface area contributed by atoms with Crippen LogP contribution in [0.5, 0.6) is 0 Å². The third-order valence-corrected chi connectivity index (χ3v) is 1.70. The van der Waals surface area contributed by atoms with E-state index in [9.17, 15) is 4.79 Å². The maximum atomic E-state index is 11.2. The Bertz CT molecular complexity index is 464. The van der Waals surface area contributed by atoms with Crippen LogP contribution in [0.2, 0.25) is 0 Å². The molecule has 10 nitrogen and oxygen atoms in total. The summed E-state index contributed by atoms with van der Waals surface area (Å²) < 4.78 is 5.76. The van der Waals surface area contributed by atoms with Crippen molar-refractivity contribution in [3.8, 4) is 0 Å². The van der Waals surface area contributed by atoms with Crippen LogP contribution in [0.15, 0.2) is 11.0 Å². The molecule has 0 saturated heterocycles. The molecule has 2 aromatic heterocycles. The highest BCUT2D eigenvalue weighted by Gasteiger charge is 2.16. The van der Waals surface area contributed by atoms with E-state index in [1.807, 2.05) is 0 Å². The molecule has 0 saturated carbocycles. The van der Waals surface area contributed by atoms with E-state index in [4.69, 9.17) is 5.11 Å². The summed E-state index contributed by atoms with van der Waals surface area (Å²) in [6.45, 7) is -0.458. The molecule has 0 aliphatic carbocycles. The number of hydrogen-bond donors (Lipinski definition) is 2. The van der Waals surface area contributed by atoms with Gasteiger partial charge in [-0.05, 0) is 20.7 Å². The number of aliphatic hydroxyl groups excluding tert-OH is 1. The first-order valence-electron chi connectivity index (χ1n) is 4.22. The van der Waals surface area contributed by atoms with Gasteiger partial charge in [-0.1, -0.05) is 0 Å². The summed E-state index contributed by atoms with van der Waals surface area (Å²) in [6, 6.07) is 0. The number of tetrazole rings is 1. The van der Waals surface area contributed by atoms with E-state index in [1.54, 1.807) is 0 Å². The van der Waals surface area contributed by atoms with Crippen molar-refractivity contribution in [1.29, 1.82) is 0 Å². The van der Waals surface area contributed by atoms with Gasteiger partial charge in [0, 0.05) is 0 Å². The number of aromatic nitrogens is 6. The number of nitrogens with one attached hydrogen (secondary N) is 1. The number of aliphatic hydroxyl groups is 1. The van der Waals surface area contributed by atoms with Gasteiger partial charge in [0.25, 0.3) is 0 Å². The fraction of sp³-hybridized carbons (Fsp3) is 0.333. The highest BCUT2D eigenvalue weighted by molar-refractivity contribution is 5.98. The lowest BCUT2D eigenvalue weighted by Gasteiger charge is -2.00. The average molecular weight is 225 g/mol. The summed E-state index contributed by atoms with van der Waals surface area (Å²) in [6.07, 6.45) is 1.38. The summed E-state index contributed by atoms with van der Waals surface area (Å²) in [4.78, 5) is 11.2. The first-order valence-corrected chi connectivity index (χ1v) is 4.22. The second-order valence-electron chi connectivity index (χ2n) is 2.73. The Hall–Kier alpha value is -2.36. The van der Waals surface area contributed by atoms with Crippen molar-refractivity contribution in [1.82, 2.24) is 30.5 Å². The monoisotopic (exact) mass is 225 g/mol. The van der Waals surface area contributed by atoms with E-state index < -0.39 is 12.4 Å². The molecular formula is C6H7N7O3. The first kappa shape index (κ1) is 10.2. The van der Waals surface area contributed by atoms with Crippen LogP contribution < -0.4 is 5.32 Å². The molecule has 2 heterocycles. The van der Waals surface area contributed by atoms with E-state index in [1.165, 1.54) is 11.0 Å². The van der Waals surface area contributed by atoms with Crippen LogP contribution in [0.3, 0.4) is 0 Å². The minimum Gasteiger partial charge on any atom is -0.388 e. The summed E-state index contributed by atoms with van der Waals surface area (Å²) in [7, 11) is 0. The third-order valence-electron chi connectivity index (χ3n) is 1.70. The smallest absolute Gasteiger partial charge is 0.213 e. The maximum absolute atomic E-state index is 11.2. The van der Waals surface area contributed by atoms with E-state index in [-0.39, 0.29) is 18.2 Å². The maximum Gasteiger partial charge on any atom is 0.213 e. The lowest BCUT2D eigenvalue weighted by atomic mass is 10.3. The molecule has 0 fully saturated rings. The van der Waals surface area contributed by atoms with Crippen LogP contribution in [-0.4, -0.2) is 48.0 Å².